The monoisotopic (exact) mass is 390 g/mol. The maximum atomic E-state index is 12.3. The van der Waals surface area contributed by atoms with E-state index in [1.165, 1.54) is 28.7 Å². The molecule has 3 amide bonds. The second-order valence-corrected chi connectivity index (χ2v) is 7.94. The van der Waals surface area contributed by atoms with Crippen LogP contribution in [-0.4, -0.2) is 35.0 Å². The highest BCUT2D eigenvalue weighted by Crippen LogP contribution is 2.32. The second kappa shape index (κ2) is 8.28. The van der Waals surface area contributed by atoms with E-state index in [2.05, 4.69) is 5.32 Å². The molecule has 3 heterocycles. The number of hydrogen-bond donors (Lipinski definition) is 1. The molecule has 8 heteroatoms. The lowest BCUT2D eigenvalue weighted by atomic mass is 10.3. The fourth-order valence-corrected chi connectivity index (χ4v) is 4.29. The van der Waals surface area contributed by atoms with Crippen LogP contribution in [0.4, 0.5) is 4.79 Å². The van der Waals surface area contributed by atoms with Gasteiger partial charge in [-0.15, -0.1) is 22.7 Å². The summed E-state index contributed by atoms with van der Waals surface area (Å²) in [7, 11) is 0. The van der Waals surface area contributed by atoms with Crippen LogP contribution in [0.1, 0.15) is 9.75 Å². The first-order chi connectivity index (χ1) is 12.1. The molecule has 2 aromatic heterocycles. The molecule has 0 spiro atoms. The third kappa shape index (κ3) is 4.68. The molecule has 1 aliphatic rings. The van der Waals surface area contributed by atoms with Gasteiger partial charge in [0.15, 0.2) is 0 Å². The van der Waals surface area contributed by atoms with Crippen LogP contribution in [-0.2, 0) is 9.59 Å². The maximum Gasteiger partial charge on any atom is 0.293 e. The Balaban J connectivity index is 1.50. The molecule has 0 atom stereocenters. The van der Waals surface area contributed by atoms with Gasteiger partial charge in [0.1, 0.15) is 0 Å². The van der Waals surface area contributed by atoms with Crippen molar-refractivity contribution in [3.05, 3.63) is 55.8 Å². The summed E-state index contributed by atoms with van der Waals surface area (Å²) in [5.74, 6) is -0.568. The molecule has 0 radical (unpaired) electrons. The SMILES string of the molecule is O=C(C=Cc1cccs1)NCCN1C(=O)SC(=Cc2cccs2)C1=O. The van der Waals surface area contributed by atoms with Crippen molar-refractivity contribution in [2.75, 3.05) is 13.1 Å². The summed E-state index contributed by atoms with van der Waals surface area (Å²) in [4.78, 5) is 39.5. The van der Waals surface area contributed by atoms with Gasteiger partial charge in [-0.2, -0.15) is 0 Å². The normalized spacial score (nSPS) is 16.3. The molecule has 0 bridgehead atoms. The summed E-state index contributed by atoms with van der Waals surface area (Å²) in [5.41, 5.74) is 0. The number of thiophene rings is 2. The zero-order valence-corrected chi connectivity index (χ0v) is 15.5. The Labute approximate surface area is 157 Å². The maximum absolute atomic E-state index is 12.3. The van der Waals surface area contributed by atoms with Crippen molar-refractivity contribution >= 4 is 63.6 Å². The predicted octanol–water partition coefficient (Wildman–Crippen LogP) is 3.68. The van der Waals surface area contributed by atoms with Crippen molar-refractivity contribution in [2.24, 2.45) is 0 Å². The lowest BCUT2D eigenvalue weighted by Crippen LogP contribution is -2.36. The van der Waals surface area contributed by atoms with Crippen LogP contribution in [0.25, 0.3) is 12.2 Å². The van der Waals surface area contributed by atoms with Crippen LogP contribution in [0, 0.1) is 0 Å². The molecule has 128 valence electrons. The van der Waals surface area contributed by atoms with E-state index >= 15 is 0 Å². The molecule has 2 aromatic rings. The summed E-state index contributed by atoms with van der Waals surface area (Å²) in [5, 5.41) is 6.21. The third-order valence-electron chi connectivity index (χ3n) is 3.27. The molecule has 1 N–H and O–H groups in total. The van der Waals surface area contributed by atoms with Crippen LogP contribution in [0.2, 0.25) is 0 Å². The first-order valence-corrected chi connectivity index (χ1v) is 9.99. The van der Waals surface area contributed by atoms with Gasteiger partial charge in [0, 0.05) is 28.9 Å². The molecule has 1 aliphatic heterocycles. The number of carbonyl (C=O) groups excluding carboxylic acids is 3. The molecular formula is C17H14N2O3S3. The molecule has 0 aromatic carbocycles. The molecule has 1 fully saturated rings. The first-order valence-electron chi connectivity index (χ1n) is 7.42. The second-order valence-electron chi connectivity index (χ2n) is 4.99. The van der Waals surface area contributed by atoms with E-state index in [0.29, 0.717) is 4.91 Å². The summed E-state index contributed by atoms with van der Waals surface area (Å²) < 4.78 is 0. The van der Waals surface area contributed by atoms with Crippen molar-refractivity contribution in [3.63, 3.8) is 0 Å². The Morgan fingerprint density at radius 1 is 1.12 bits per heavy atom. The van der Waals surface area contributed by atoms with E-state index < -0.39 is 0 Å². The minimum absolute atomic E-state index is 0.158. The highest BCUT2D eigenvalue weighted by atomic mass is 32.2. The molecule has 0 aliphatic carbocycles. The van der Waals surface area contributed by atoms with E-state index in [1.54, 1.807) is 12.2 Å². The quantitative estimate of drug-likeness (QED) is 0.764. The average Bonchev–Trinajstić information content (AvgIpc) is 3.32. The van der Waals surface area contributed by atoms with Gasteiger partial charge >= 0.3 is 0 Å². The Bertz CT molecular complexity index is 823. The number of amides is 3. The van der Waals surface area contributed by atoms with Gasteiger partial charge in [-0.3, -0.25) is 19.3 Å². The number of rotatable bonds is 6. The Kier molecular flexibility index (Phi) is 5.85. The van der Waals surface area contributed by atoms with Gasteiger partial charge in [0.25, 0.3) is 11.1 Å². The summed E-state index contributed by atoms with van der Waals surface area (Å²) >= 11 is 3.97. The molecule has 0 unspecified atom stereocenters. The van der Waals surface area contributed by atoms with Gasteiger partial charge < -0.3 is 5.32 Å². The molecule has 1 saturated heterocycles. The average molecular weight is 391 g/mol. The predicted molar refractivity (Wildman–Crippen MR) is 103 cm³/mol. The van der Waals surface area contributed by atoms with Crippen LogP contribution >= 0.6 is 34.4 Å². The van der Waals surface area contributed by atoms with E-state index in [0.717, 1.165) is 26.4 Å². The van der Waals surface area contributed by atoms with Crippen molar-refractivity contribution in [3.8, 4) is 0 Å². The van der Waals surface area contributed by atoms with Crippen molar-refractivity contribution in [1.82, 2.24) is 10.2 Å². The van der Waals surface area contributed by atoms with Crippen molar-refractivity contribution < 1.29 is 14.4 Å². The van der Waals surface area contributed by atoms with E-state index in [1.807, 2.05) is 35.0 Å². The number of nitrogens with one attached hydrogen (secondary N) is 1. The zero-order chi connectivity index (χ0) is 17.6. The highest BCUT2D eigenvalue weighted by molar-refractivity contribution is 8.18. The summed E-state index contributed by atoms with van der Waals surface area (Å²) in [6, 6.07) is 7.60. The van der Waals surface area contributed by atoms with Crippen LogP contribution in [0.5, 0.6) is 0 Å². The fraction of sp³-hybridized carbons (Fsp3) is 0.118. The van der Waals surface area contributed by atoms with Crippen LogP contribution in [0.15, 0.2) is 46.0 Å². The molecule has 25 heavy (non-hydrogen) atoms. The van der Waals surface area contributed by atoms with E-state index in [-0.39, 0.29) is 30.1 Å². The van der Waals surface area contributed by atoms with E-state index in [9.17, 15) is 14.4 Å². The van der Waals surface area contributed by atoms with Crippen molar-refractivity contribution in [2.45, 2.75) is 0 Å². The largest absolute Gasteiger partial charge is 0.351 e. The van der Waals surface area contributed by atoms with Gasteiger partial charge in [-0.05, 0) is 46.8 Å². The van der Waals surface area contributed by atoms with Gasteiger partial charge in [0.2, 0.25) is 5.91 Å². The Morgan fingerprint density at radius 2 is 1.84 bits per heavy atom. The Hall–Kier alpha value is -2.16. The number of thioether (sulfide) groups is 1. The number of imide groups is 1. The number of hydrogen-bond acceptors (Lipinski definition) is 6. The minimum atomic E-state index is -0.313. The van der Waals surface area contributed by atoms with Gasteiger partial charge in [-0.25, -0.2) is 0 Å². The smallest absolute Gasteiger partial charge is 0.293 e. The number of nitrogens with zero attached hydrogens (tertiary/aromatic N) is 1. The topological polar surface area (TPSA) is 66.5 Å². The minimum Gasteiger partial charge on any atom is -0.351 e. The summed E-state index contributed by atoms with van der Waals surface area (Å²) in [6.45, 7) is 0.378. The molecule has 5 nitrogen and oxygen atoms in total. The fourth-order valence-electron chi connectivity index (χ4n) is 2.09. The lowest BCUT2D eigenvalue weighted by molar-refractivity contribution is -0.123. The highest BCUT2D eigenvalue weighted by Gasteiger charge is 2.34. The van der Waals surface area contributed by atoms with Crippen LogP contribution < -0.4 is 5.32 Å². The third-order valence-corrected chi connectivity index (χ3v) is 5.83. The van der Waals surface area contributed by atoms with Gasteiger partial charge in [-0.1, -0.05) is 12.1 Å². The van der Waals surface area contributed by atoms with Gasteiger partial charge in [0.05, 0.1) is 4.91 Å². The van der Waals surface area contributed by atoms with Crippen molar-refractivity contribution in [1.29, 1.82) is 0 Å². The molecular weight excluding hydrogens is 376 g/mol. The Morgan fingerprint density at radius 3 is 2.52 bits per heavy atom. The molecule has 3 rings (SSSR count). The lowest BCUT2D eigenvalue weighted by Gasteiger charge is -2.12. The van der Waals surface area contributed by atoms with Crippen LogP contribution in [0.3, 0.4) is 0 Å². The zero-order valence-electron chi connectivity index (χ0n) is 13.0. The first kappa shape index (κ1) is 17.7. The summed E-state index contributed by atoms with van der Waals surface area (Å²) in [6.07, 6.45) is 4.89. The molecule has 0 saturated carbocycles. The number of carbonyl (C=O) groups is 3. The standard InChI is InChI=1S/C17H14N2O3S3/c20-15(6-5-12-3-1-9-23-12)18-7-8-19-16(21)14(25-17(19)22)11-13-4-2-10-24-13/h1-6,9-11H,7-8H2,(H,18,20). The van der Waals surface area contributed by atoms with E-state index in [4.69, 9.17) is 0 Å².